The summed E-state index contributed by atoms with van der Waals surface area (Å²) in [6.07, 6.45) is 19.4. The van der Waals surface area contributed by atoms with E-state index in [1.807, 2.05) is 0 Å². The lowest BCUT2D eigenvalue weighted by atomic mass is 10.0. The normalized spacial score (nSPS) is 13.3. The molecule has 0 spiro atoms. The van der Waals surface area contributed by atoms with E-state index in [-0.39, 0.29) is 19.2 Å². The molecule has 0 aromatic carbocycles. The fraction of sp³-hybridized carbons (Fsp3) is 0.957. The van der Waals surface area contributed by atoms with Crippen LogP contribution in [0.25, 0.3) is 0 Å². The summed E-state index contributed by atoms with van der Waals surface area (Å²) >= 11 is 0. The number of hydrogen-bond donors (Lipinski definition) is 1. The van der Waals surface area contributed by atoms with Gasteiger partial charge in [-0.2, -0.15) is 0 Å². The van der Waals surface area contributed by atoms with Crippen molar-refractivity contribution in [3.8, 4) is 0 Å². The highest BCUT2D eigenvalue weighted by Crippen LogP contribution is 2.31. The number of unbranched alkanes of at least 4 members (excludes halogenated alkanes) is 14. The third kappa shape index (κ3) is 21.0. The number of carbonyl (C=O) groups is 1. The molecule has 0 saturated carbocycles. The van der Waals surface area contributed by atoms with Crippen molar-refractivity contribution < 1.29 is 28.2 Å². The monoisotopic (exact) mass is 450 g/mol. The van der Waals surface area contributed by atoms with Gasteiger partial charge in [0.2, 0.25) is 0 Å². The van der Waals surface area contributed by atoms with Crippen molar-refractivity contribution in [1.82, 2.24) is 0 Å². The topological polar surface area (TPSA) is 74.2 Å². The second-order valence-corrected chi connectivity index (χ2v) is 9.08. The molecule has 2 atom stereocenters. The van der Waals surface area contributed by atoms with E-state index in [0.717, 1.165) is 12.8 Å². The first kappa shape index (κ1) is 29.7. The Hall–Kier alpha value is -0.260. The molecule has 0 aliphatic carbocycles. The van der Waals surface area contributed by atoms with Crippen LogP contribution in [0.4, 0.5) is 0 Å². The molecule has 180 valence electrons. The molecule has 0 amide bonds. The number of methoxy groups -OCH3 is 1. The molecule has 0 fully saturated rings. The summed E-state index contributed by atoms with van der Waals surface area (Å²) in [4.78, 5) is 21.3. The molecular formula is C23H47O6P. The molecule has 0 saturated heterocycles. The first-order valence-corrected chi connectivity index (χ1v) is 13.1. The second kappa shape index (κ2) is 23.4. The van der Waals surface area contributed by atoms with Crippen molar-refractivity contribution in [1.29, 1.82) is 0 Å². The van der Waals surface area contributed by atoms with Gasteiger partial charge in [0.1, 0.15) is 6.10 Å². The number of carbonyl (C=O) groups excluding carboxylic acids is 1. The van der Waals surface area contributed by atoms with Gasteiger partial charge >= 0.3 is 14.6 Å². The molecule has 0 rings (SSSR count). The van der Waals surface area contributed by atoms with Gasteiger partial charge in [-0.25, -0.2) is 0 Å². The van der Waals surface area contributed by atoms with Crippen LogP contribution in [-0.4, -0.2) is 44.4 Å². The van der Waals surface area contributed by atoms with E-state index in [9.17, 15) is 9.69 Å². The summed E-state index contributed by atoms with van der Waals surface area (Å²) in [6, 6.07) is 0. The van der Waals surface area contributed by atoms with Crippen molar-refractivity contribution >= 4 is 14.6 Å². The fourth-order valence-electron chi connectivity index (χ4n) is 3.39. The zero-order valence-electron chi connectivity index (χ0n) is 19.7. The molecule has 0 bridgehead atoms. The van der Waals surface area contributed by atoms with Crippen LogP contribution >= 0.6 is 8.60 Å². The largest absolute Gasteiger partial charge is 0.457 e. The quantitative estimate of drug-likeness (QED) is 0.106. The van der Waals surface area contributed by atoms with Gasteiger partial charge in [0.15, 0.2) is 0 Å². The van der Waals surface area contributed by atoms with Crippen molar-refractivity contribution in [3.05, 3.63) is 0 Å². The molecule has 0 aromatic rings. The maximum absolute atomic E-state index is 12.0. The number of ether oxygens (including phenoxy) is 2. The molecule has 0 aliphatic heterocycles. The minimum absolute atomic E-state index is 0.0640. The molecule has 0 aromatic heterocycles. The SMILES string of the molecule is CCCCCCCCCCCCCCCCCC(=O)OC(COC)COP(O)OC. The van der Waals surface area contributed by atoms with Gasteiger partial charge in [-0.1, -0.05) is 96.8 Å². The highest BCUT2D eigenvalue weighted by atomic mass is 31.2. The molecule has 7 heteroatoms. The lowest BCUT2D eigenvalue weighted by Gasteiger charge is -2.18. The average molecular weight is 451 g/mol. The number of rotatable bonds is 23. The van der Waals surface area contributed by atoms with Crippen molar-refractivity contribution in [2.24, 2.45) is 0 Å². The van der Waals surface area contributed by atoms with Gasteiger partial charge in [0, 0.05) is 20.6 Å². The summed E-state index contributed by atoms with van der Waals surface area (Å²) in [5, 5.41) is 0. The predicted molar refractivity (Wildman–Crippen MR) is 123 cm³/mol. The highest BCUT2D eigenvalue weighted by Gasteiger charge is 2.17. The molecule has 1 N–H and O–H groups in total. The zero-order chi connectivity index (χ0) is 22.3. The second-order valence-electron chi connectivity index (χ2n) is 7.98. The van der Waals surface area contributed by atoms with Crippen LogP contribution in [0, 0.1) is 0 Å². The van der Waals surface area contributed by atoms with Gasteiger partial charge < -0.3 is 23.4 Å². The smallest absolute Gasteiger partial charge is 0.329 e. The van der Waals surface area contributed by atoms with Crippen molar-refractivity contribution in [2.75, 3.05) is 27.4 Å². The van der Waals surface area contributed by atoms with Crippen LogP contribution in [-0.2, 0) is 23.3 Å². The Balaban J connectivity index is 3.46. The third-order valence-corrected chi connectivity index (χ3v) is 5.84. The van der Waals surface area contributed by atoms with E-state index in [1.54, 1.807) is 0 Å². The molecule has 6 nitrogen and oxygen atoms in total. The van der Waals surface area contributed by atoms with Crippen molar-refractivity contribution in [3.63, 3.8) is 0 Å². The minimum Gasteiger partial charge on any atom is -0.457 e. The Morgan fingerprint density at radius 2 is 1.23 bits per heavy atom. The Morgan fingerprint density at radius 3 is 1.67 bits per heavy atom. The van der Waals surface area contributed by atoms with Crippen LogP contribution in [0.5, 0.6) is 0 Å². The van der Waals surface area contributed by atoms with Crippen LogP contribution in [0.15, 0.2) is 0 Å². The summed E-state index contributed by atoms with van der Waals surface area (Å²) in [5.41, 5.74) is 0. The van der Waals surface area contributed by atoms with E-state index >= 15 is 0 Å². The van der Waals surface area contributed by atoms with Gasteiger partial charge in [-0.05, 0) is 6.42 Å². The molecule has 0 aliphatic rings. The average Bonchev–Trinajstić information content (AvgIpc) is 2.74. The molecule has 0 radical (unpaired) electrons. The Labute approximate surface area is 186 Å². The van der Waals surface area contributed by atoms with E-state index in [1.165, 1.54) is 97.7 Å². The first-order valence-electron chi connectivity index (χ1n) is 12.0. The van der Waals surface area contributed by atoms with E-state index in [4.69, 9.17) is 14.0 Å². The summed E-state index contributed by atoms with van der Waals surface area (Å²) in [7, 11) is 0.973. The molecule has 2 unspecified atom stereocenters. The Morgan fingerprint density at radius 1 is 0.767 bits per heavy atom. The van der Waals surface area contributed by atoms with Crippen LogP contribution < -0.4 is 0 Å². The Kier molecular flexibility index (Phi) is 23.2. The molecule has 30 heavy (non-hydrogen) atoms. The van der Waals surface area contributed by atoms with E-state index in [0.29, 0.717) is 6.42 Å². The van der Waals surface area contributed by atoms with Gasteiger partial charge in [0.05, 0.1) is 13.2 Å². The predicted octanol–water partition coefficient (Wildman–Crippen LogP) is 6.69. The first-order chi connectivity index (χ1) is 14.6. The van der Waals surface area contributed by atoms with Gasteiger partial charge in [-0.3, -0.25) is 4.79 Å². The summed E-state index contributed by atoms with van der Waals surface area (Å²) in [5.74, 6) is -0.241. The van der Waals surface area contributed by atoms with Crippen LogP contribution in [0.1, 0.15) is 110 Å². The van der Waals surface area contributed by atoms with Crippen LogP contribution in [0.3, 0.4) is 0 Å². The molecule has 0 heterocycles. The van der Waals surface area contributed by atoms with Gasteiger partial charge in [0.25, 0.3) is 0 Å². The lowest BCUT2D eigenvalue weighted by molar-refractivity contribution is -0.153. The number of hydrogen-bond acceptors (Lipinski definition) is 6. The maximum atomic E-state index is 12.0. The van der Waals surface area contributed by atoms with Crippen LogP contribution in [0.2, 0.25) is 0 Å². The fourth-order valence-corrected chi connectivity index (χ4v) is 3.79. The van der Waals surface area contributed by atoms with E-state index < -0.39 is 14.7 Å². The third-order valence-electron chi connectivity index (χ3n) is 5.16. The zero-order valence-corrected chi connectivity index (χ0v) is 20.6. The van der Waals surface area contributed by atoms with Crippen molar-refractivity contribution in [2.45, 2.75) is 116 Å². The summed E-state index contributed by atoms with van der Waals surface area (Å²) < 4.78 is 20.1. The van der Waals surface area contributed by atoms with Gasteiger partial charge in [-0.15, -0.1) is 0 Å². The lowest BCUT2D eigenvalue weighted by Crippen LogP contribution is -2.27. The Bertz CT molecular complexity index is 370. The standard InChI is InChI=1S/C23H47O6P/c1-4-5-6-7-8-9-10-11-12-13-14-15-16-17-18-19-23(24)29-22(20-26-2)21-28-30(25)27-3/h22,25H,4-21H2,1-3H3. The summed E-state index contributed by atoms with van der Waals surface area (Å²) in [6.45, 7) is 2.56. The minimum atomic E-state index is -1.92. The molecular weight excluding hydrogens is 403 g/mol. The maximum Gasteiger partial charge on any atom is 0.329 e. The number of esters is 1. The van der Waals surface area contributed by atoms with E-state index in [2.05, 4.69) is 11.4 Å². The highest BCUT2D eigenvalue weighted by molar-refractivity contribution is 7.40.